The third-order valence-electron chi connectivity index (χ3n) is 3.99. The Morgan fingerprint density at radius 1 is 1.12 bits per heavy atom. The van der Waals surface area contributed by atoms with E-state index in [4.69, 9.17) is 0 Å². The Morgan fingerprint density at radius 2 is 1.83 bits per heavy atom. The van der Waals surface area contributed by atoms with Gasteiger partial charge in [0.25, 0.3) is 0 Å². The van der Waals surface area contributed by atoms with Gasteiger partial charge in [-0.25, -0.2) is 4.79 Å². The van der Waals surface area contributed by atoms with E-state index in [2.05, 4.69) is 16.0 Å². The van der Waals surface area contributed by atoms with Gasteiger partial charge in [-0.2, -0.15) is 11.8 Å². The maximum atomic E-state index is 11.9. The van der Waals surface area contributed by atoms with Gasteiger partial charge in [-0.1, -0.05) is 25.0 Å². The molecule has 3 N–H and O–H groups in total. The number of amides is 3. The molecule has 6 heteroatoms. The third-order valence-corrected chi connectivity index (χ3v) is 5.38. The van der Waals surface area contributed by atoms with Gasteiger partial charge in [0.15, 0.2) is 0 Å². The van der Waals surface area contributed by atoms with Crippen LogP contribution in [-0.2, 0) is 11.2 Å². The molecule has 1 aromatic carbocycles. The van der Waals surface area contributed by atoms with Crippen molar-refractivity contribution >= 4 is 29.4 Å². The second-order valence-corrected chi connectivity index (χ2v) is 7.39. The van der Waals surface area contributed by atoms with Crippen LogP contribution in [0.2, 0.25) is 0 Å². The molecule has 0 radical (unpaired) electrons. The maximum Gasteiger partial charge on any atom is 0.319 e. The maximum absolute atomic E-state index is 11.9. The number of rotatable bonds is 8. The summed E-state index contributed by atoms with van der Waals surface area (Å²) < 4.78 is 0. The highest BCUT2D eigenvalue weighted by atomic mass is 32.2. The predicted octanol–water partition coefficient (Wildman–Crippen LogP) is 3.16. The van der Waals surface area contributed by atoms with Crippen LogP contribution < -0.4 is 16.0 Å². The van der Waals surface area contributed by atoms with E-state index in [9.17, 15) is 9.59 Å². The molecule has 0 saturated heterocycles. The fourth-order valence-electron chi connectivity index (χ4n) is 2.77. The summed E-state index contributed by atoms with van der Waals surface area (Å²) in [5.41, 5.74) is 1.66. The molecule has 1 fully saturated rings. The number of carbonyl (C=O) groups is 2. The van der Waals surface area contributed by atoms with Gasteiger partial charge in [-0.05, 0) is 37.5 Å². The van der Waals surface area contributed by atoms with Crippen molar-refractivity contribution in [2.75, 3.05) is 24.2 Å². The fraction of sp³-hybridized carbons (Fsp3) is 0.556. The minimum Gasteiger partial charge on any atom is -0.356 e. The first-order valence-electron chi connectivity index (χ1n) is 8.69. The topological polar surface area (TPSA) is 70.2 Å². The summed E-state index contributed by atoms with van der Waals surface area (Å²) in [7, 11) is 0. The molecular formula is C18H27N3O2S. The quantitative estimate of drug-likeness (QED) is 0.631. The van der Waals surface area contributed by atoms with Crippen molar-refractivity contribution in [1.82, 2.24) is 10.6 Å². The van der Waals surface area contributed by atoms with E-state index < -0.39 is 0 Å². The zero-order chi connectivity index (χ0) is 17.2. The van der Waals surface area contributed by atoms with E-state index in [1.54, 1.807) is 0 Å². The summed E-state index contributed by atoms with van der Waals surface area (Å²) in [6, 6.07) is 7.18. The Kier molecular flexibility index (Phi) is 7.95. The monoisotopic (exact) mass is 349 g/mol. The van der Waals surface area contributed by atoms with E-state index in [1.807, 2.05) is 43.0 Å². The van der Waals surface area contributed by atoms with Crippen LogP contribution in [0.1, 0.15) is 38.2 Å². The molecule has 0 heterocycles. The SMILES string of the molecule is CCNC(=O)Cc1ccc(NC(=O)NCCSC2CCCC2)cc1. The highest BCUT2D eigenvalue weighted by Gasteiger charge is 2.14. The standard InChI is InChI=1S/C18H27N3O2S/c1-2-19-17(22)13-14-7-9-15(10-8-14)21-18(23)20-11-12-24-16-5-3-4-6-16/h7-10,16H,2-6,11-13H2,1H3,(H,19,22)(H2,20,21,23). The van der Waals surface area contributed by atoms with E-state index in [0.29, 0.717) is 19.5 Å². The normalized spacial score (nSPS) is 14.4. The van der Waals surface area contributed by atoms with Gasteiger partial charge in [-0.3, -0.25) is 4.79 Å². The second-order valence-electron chi connectivity index (χ2n) is 5.99. The smallest absolute Gasteiger partial charge is 0.319 e. The molecule has 2 rings (SSSR count). The number of urea groups is 1. The van der Waals surface area contributed by atoms with Crippen LogP contribution >= 0.6 is 11.8 Å². The lowest BCUT2D eigenvalue weighted by Gasteiger charge is -2.10. The lowest BCUT2D eigenvalue weighted by molar-refractivity contribution is -0.120. The Morgan fingerprint density at radius 3 is 2.50 bits per heavy atom. The van der Waals surface area contributed by atoms with Gasteiger partial charge in [0.2, 0.25) is 5.91 Å². The van der Waals surface area contributed by atoms with Crippen LogP contribution in [0.3, 0.4) is 0 Å². The van der Waals surface area contributed by atoms with E-state index in [1.165, 1.54) is 25.7 Å². The Balaban J connectivity index is 1.64. The van der Waals surface area contributed by atoms with Crippen LogP contribution in [0.4, 0.5) is 10.5 Å². The molecule has 1 saturated carbocycles. The summed E-state index contributed by atoms with van der Waals surface area (Å²) >= 11 is 1.96. The van der Waals surface area contributed by atoms with Gasteiger partial charge >= 0.3 is 6.03 Å². The number of nitrogens with one attached hydrogen (secondary N) is 3. The van der Waals surface area contributed by atoms with Gasteiger partial charge < -0.3 is 16.0 Å². The van der Waals surface area contributed by atoms with E-state index in [0.717, 1.165) is 22.3 Å². The average Bonchev–Trinajstić information content (AvgIpc) is 3.07. The third kappa shape index (κ3) is 6.83. The molecule has 0 aliphatic heterocycles. The highest BCUT2D eigenvalue weighted by molar-refractivity contribution is 7.99. The van der Waals surface area contributed by atoms with Crippen LogP contribution in [0, 0.1) is 0 Å². The van der Waals surface area contributed by atoms with Crippen LogP contribution in [0.15, 0.2) is 24.3 Å². The molecular weight excluding hydrogens is 322 g/mol. The number of anilines is 1. The first kappa shape index (κ1) is 18.6. The van der Waals surface area contributed by atoms with Crippen molar-refractivity contribution in [2.45, 2.75) is 44.3 Å². The lowest BCUT2D eigenvalue weighted by Crippen LogP contribution is -2.30. The van der Waals surface area contributed by atoms with Crippen molar-refractivity contribution in [3.05, 3.63) is 29.8 Å². The molecule has 0 atom stereocenters. The largest absolute Gasteiger partial charge is 0.356 e. The number of hydrogen-bond acceptors (Lipinski definition) is 3. The number of thioether (sulfide) groups is 1. The van der Waals surface area contributed by atoms with Gasteiger partial charge in [0.05, 0.1) is 6.42 Å². The summed E-state index contributed by atoms with van der Waals surface area (Å²) in [6.07, 6.45) is 5.70. The lowest BCUT2D eigenvalue weighted by atomic mass is 10.1. The molecule has 132 valence electrons. The number of likely N-dealkylation sites (N-methyl/N-ethyl adjacent to an activating group) is 1. The summed E-state index contributed by atoms with van der Waals surface area (Å²) in [6.45, 7) is 3.22. The van der Waals surface area contributed by atoms with Crippen molar-refractivity contribution in [2.24, 2.45) is 0 Å². The molecule has 3 amide bonds. The Labute approximate surface area is 148 Å². The first-order valence-corrected chi connectivity index (χ1v) is 9.74. The molecule has 0 aromatic heterocycles. The highest BCUT2D eigenvalue weighted by Crippen LogP contribution is 2.28. The molecule has 1 aliphatic carbocycles. The predicted molar refractivity (Wildman–Crippen MR) is 101 cm³/mol. The van der Waals surface area contributed by atoms with Gasteiger partial charge in [-0.15, -0.1) is 0 Å². The average molecular weight is 350 g/mol. The van der Waals surface area contributed by atoms with Crippen LogP contribution in [0.5, 0.6) is 0 Å². The molecule has 0 unspecified atom stereocenters. The molecule has 5 nitrogen and oxygen atoms in total. The summed E-state index contributed by atoms with van der Waals surface area (Å²) in [5.74, 6) is 0.972. The molecule has 1 aromatic rings. The van der Waals surface area contributed by atoms with Crippen molar-refractivity contribution in [3.63, 3.8) is 0 Å². The van der Waals surface area contributed by atoms with Gasteiger partial charge in [0.1, 0.15) is 0 Å². The summed E-state index contributed by atoms with van der Waals surface area (Å²) in [5, 5.41) is 9.25. The van der Waals surface area contributed by atoms with Crippen LogP contribution in [-0.4, -0.2) is 36.0 Å². The molecule has 1 aliphatic rings. The molecule has 0 bridgehead atoms. The number of carbonyl (C=O) groups excluding carboxylic acids is 2. The fourth-order valence-corrected chi connectivity index (χ4v) is 3.99. The van der Waals surface area contributed by atoms with Gasteiger partial charge in [0, 0.05) is 29.8 Å². The Hall–Kier alpha value is -1.69. The number of hydrogen-bond donors (Lipinski definition) is 3. The zero-order valence-electron chi connectivity index (χ0n) is 14.3. The minimum absolute atomic E-state index is 0.00992. The molecule has 24 heavy (non-hydrogen) atoms. The zero-order valence-corrected chi connectivity index (χ0v) is 15.1. The van der Waals surface area contributed by atoms with Crippen LogP contribution in [0.25, 0.3) is 0 Å². The van der Waals surface area contributed by atoms with Crippen molar-refractivity contribution in [1.29, 1.82) is 0 Å². The Bertz CT molecular complexity index is 528. The van der Waals surface area contributed by atoms with Crippen molar-refractivity contribution in [3.8, 4) is 0 Å². The number of benzene rings is 1. The first-order chi connectivity index (χ1) is 11.7. The minimum atomic E-state index is -0.182. The van der Waals surface area contributed by atoms with E-state index >= 15 is 0 Å². The van der Waals surface area contributed by atoms with E-state index in [-0.39, 0.29) is 11.9 Å². The second kappa shape index (κ2) is 10.2. The van der Waals surface area contributed by atoms with Crippen molar-refractivity contribution < 1.29 is 9.59 Å². The summed E-state index contributed by atoms with van der Waals surface area (Å²) in [4.78, 5) is 23.4. The molecule has 0 spiro atoms.